The molecule has 1 aliphatic carbocycles. The SMILES string of the molecule is C[C@H](N)c1ccccc1OCC1CCCCC1. The third-order valence-corrected chi connectivity index (χ3v) is 3.61. The number of hydrogen-bond acceptors (Lipinski definition) is 2. The molecule has 0 heterocycles. The van der Waals surface area contributed by atoms with Crippen LogP contribution in [0, 0.1) is 5.92 Å². The Balaban J connectivity index is 1.93. The van der Waals surface area contributed by atoms with E-state index in [9.17, 15) is 0 Å². The molecule has 0 aliphatic heterocycles. The van der Waals surface area contributed by atoms with E-state index >= 15 is 0 Å². The Morgan fingerprint density at radius 3 is 2.65 bits per heavy atom. The smallest absolute Gasteiger partial charge is 0.124 e. The topological polar surface area (TPSA) is 35.2 Å². The summed E-state index contributed by atoms with van der Waals surface area (Å²) in [4.78, 5) is 0. The molecule has 0 bridgehead atoms. The second kappa shape index (κ2) is 6.06. The molecular formula is C15H23NO. The molecule has 1 saturated carbocycles. The maximum Gasteiger partial charge on any atom is 0.124 e. The van der Waals surface area contributed by atoms with Gasteiger partial charge in [0.1, 0.15) is 5.75 Å². The van der Waals surface area contributed by atoms with Crippen molar-refractivity contribution < 1.29 is 4.74 Å². The Bertz CT molecular complexity index is 343. The summed E-state index contributed by atoms with van der Waals surface area (Å²) >= 11 is 0. The molecular weight excluding hydrogens is 210 g/mol. The minimum atomic E-state index is 0.0394. The van der Waals surface area contributed by atoms with Crippen molar-refractivity contribution in [3.8, 4) is 5.75 Å². The first-order valence-corrected chi connectivity index (χ1v) is 6.74. The zero-order valence-electron chi connectivity index (χ0n) is 10.7. The molecule has 2 rings (SSSR count). The minimum absolute atomic E-state index is 0.0394. The van der Waals surface area contributed by atoms with E-state index in [4.69, 9.17) is 10.5 Å². The predicted molar refractivity (Wildman–Crippen MR) is 71.1 cm³/mol. The first kappa shape index (κ1) is 12.4. The largest absolute Gasteiger partial charge is 0.493 e. The van der Waals surface area contributed by atoms with Gasteiger partial charge in [0.2, 0.25) is 0 Å². The third-order valence-electron chi connectivity index (χ3n) is 3.61. The van der Waals surface area contributed by atoms with Crippen molar-refractivity contribution in [2.24, 2.45) is 11.7 Å². The van der Waals surface area contributed by atoms with E-state index in [-0.39, 0.29) is 6.04 Å². The van der Waals surface area contributed by atoms with Crippen LogP contribution < -0.4 is 10.5 Å². The molecule has 94 valence electrons. The first-order chi connectivity index (χ1) is 8.27. The first-order valence-electron chi connectivity index (χ1n) is 6.74. The van der Waals surface area contributed by atoms with E-state index in [2.05, 4.69) is 6.07 Å². The van der Waals surface area contributed by atoms with Gasteiger partial charge in [-0.05, 0) is 31.7 Å². The van der Waals surface area contributed by atoms with Crippen molar-refractivity contribution in [2.45, 2.75) is 45.1 Å². The molecule has 17 heavy (non-hydrogen) atoms. The molecule has 1 aromatic rings. The van der Waals surface area contributed by atoms with Gasteiger partial charge in [0.15, 0.2) is 0 Å². The Morgan fingerprint density at radius 2 is 1.94 bits per heavy atom. The fraction of sp³-hybridized carbons (Fsp3) is 0.600. The Morgan fingerprint density at radius 1 is 1.24 bits per heavy atom. The summed E-state index contributed by atoms with van der Waals surface area (Å²) in [6, 6.07) is 8.16. The normalized spacial score (nSPS) is 18.9. The molecule has 1 aliphatic rings. The van der Waals surface area contributed by atoms with Crippen LogP contribution in [0.25, 0.3) is 0 Å². The lowest BCUT2D eigenvalue weighted by Crippen LogP contribution is -2.16. The number of rotatable bonds is 4. The van der Waals surface area contributed by atoms with Crippen molar-refractivity contribution in [3.05, 3.63) is 29.8 Å². The van der Waals surface area contributed by atoms with Gasteiger partial charge in [0, 0.05) is 11.6 Å². The molecule has 0 aromatic heterocycles. The average molecular weight is 233 g/mol. The van der Waals surface area contributed by atoms with Gasteiger partial charge >= 0.3 is 0 Å². The lowest BCUT2D eigenvalue weighted by molar-refractivity contribution is 0.207. The van der Waals surface area contributed by atoms with Crippen LogP contribution in [0.5, 0.6) is 5.75 Å². The van der Waals surface area contributed by atoms with E-state index in [1.807, 2.05) is 25.1 Å². The molecule has 2 nitrogen and oxygen atoms in total. The lowest BCUT2D eigenvalue weighted by Gasteiger charge is -2.22. The summed E-state index contributed by atoms with van der Waals surface area (Å²) in [5, 5.41) is 0. The van der Waals surface area contributed by atoms with Crippen LogP contribution in [-0.2, 0) is 0 Å². The van der Waals surface area contributed by atoms with E-state index in [1.54, 1.807) is 0 Å². The number of para-hydroxylation sites is 1. The Hall–Kier alpha value is -1.02. The molecule has 1 aromatic carbocycles. The highest BCUT2D eigenvalue weighted by Gasteiger charge is 2.15. The number of hydrogen-bond donors (Lipinski definition) is 1. The molecule has 0 spiro atoms. The predicted octanol–water partition coefficient (Wildman–Crippen LogP) is 3.67. The van der Waals surface area contributed by atoms with Gasteiger partial charge in [-0.25, -0.2) is 0 Å². The van der Waals surface area contributed by atoms with Crippen molar-refractivity contribution >= 4 is 0 Å². The molecule has 0 radical (unpaired) electrons. The zero-order chi connectivity index (χ0) is 12.1. The summed E-state index contributed by atoms with van der Waals surface area (Å²) < 4.78 is 5.96. The second-order valence-corrected chi connectivity index (χ2v) is 5.14. The summed E-state index contributed by atoms with van der Waals surface area (Å²) in [6.45, 7) is 2.85. The molecule has 0 amide bonds. The van der Waals surface area contributed by atoms with E-state index in [0.717, 1.165) is 23.8 Å². The summed E-state index contributed by atoms with van der Waals surface area (Å²) in [5.41, 5.74) is 7.06. The van der Waals surface area contributed by atoms with Crippen LogP contribution in [-0.4, -0.2) is 6.61 Å². The maximum atomic E-state index is 5.96. The van der Waals surface area contributed by atoms with Crippen LogP contribution in [0.1, 0.15) is 50.6 Å². The summed E-state index contributed by atoms with van der Waals surface area (Å²) in [6.07, 6.45) is 6.76. The Kier molecular flexibility index (Phi) is 4.43. The second-order valence-electron chi connectivity index (χ2n) is 5.14. The quantitative estimate of drug-likeness (QED) is 0.861. The number of benzene rings is 1. The van der Waals surface area contributed by atoms with Crippen LogP contribution in [0.2, 0.25) is 0 Å². The molecule has 1 fully saturated rings. The fourth-order valence-corrected chi connectivity index (χ4v) is 2.55. The van der Waals surface area contributed by atoms with Gasteiger partial charge in [-0.1, -0.05) is 37.5 Å². The fourth-order valence-electron chi connectivity index (χ4n) is 2.55. The molecule has 2 N–H and O–H groups in total. The van der Waals surface area contributed by atoms with Crippen LogP contribution >= 0.6 is 0 Å². The number of nitrogens with two attached hydrogens (primary N) is 1. The van der Waals surface area contributed by atoms with E-state index in [0.29, 0.717) is 0 Å². The molecule has 1 atom stereocenters. The molecule has 0 unspecified atom stereocenters. The molecule has 2 heteroatoms. The van der Waals surface area contributed by atoms with Gasteiger partial charge in [-0.2, -0.15) is 0 Å². The van der Waals surface area contributed by atoms with Crippen molar-refractivity contribution in [1.82, 2.24) is 0 Å². The van der Waals surface area contributed by atoms with Crippen LogP contribution in [0.4, 0.5) is 0 Å². The van der Waals surface area contributed by atoms with Gasteiger partial charge in [0.05, 0.1) is 6.61 Å². The minimum Gasteiger partial charge on any atom is -0.493 e. The summed E-state index contributed by atoms with van der Waals surface area (Å²) in [7, 11) is 0. The van der Waals surface area contributed by atoms with Crippen molar-refractivity contribution in [1.29, 1.82) is 0 Å². The highest BCUT2D eigenvalue weighted by molar-refractivity contribution is 5.35. The lowest BCUT2D eigenvalue weighted by atomic mass is 9.90. The van der Waals surface area contributed by atoms with E-state index < -0.39 is 0 Å². The average Bonchev–Trinajstić information content (AvgIpc) is 2.38. The molecule has 0 saturated heterocycles. The number of ether oxygens (including phenoxy) is 1. The van der Waals surface area contributed by atoms with Gasteiger partial charge in [-0.15, -0.1) is 0 Å². The van der Waals surface area contributed by atoms with Gasteiger partial charge in [0.25, 0.3) is 0 Å². The highest BCUT2D eigenvalue weighted by Crippen LogP contribution is 2.27. The van der Waals surface area contributed by atoms with Crippen molar-refractivity contribution in [3.63, 3.8) is 0 Å². The van der Waals surface area contributed by atoms with Gasteiger partial charge < -0.3 is 10.5 Å². The summed E-state index contributed by atoms with van der Waals surface area (Å²) in [5.74, 6) is 1.71. The van der Waals surface area contributed by atoms with Gasteiger partial charge in [-0.3, -0.25) is 0 Å². The van der Waals surface area contributed by atoms with E-state index in [1.165, 1.54) is 32.1 Å². The standard InChI is InChI=1S/C15H23NO/c1-12(16)14-9-5-6-10-15(14)17-11-13-7-3-2-4-8-13/h5-6,9-10,12-13H,2-4,7-8,11,16H2,1H3/t12-/m0/s1. The third kappa shape index (κ3) is 3.47. The van der Waals surface area contributed by atoms with Crippen LogP contribution in [0.3, 0.4) is 0 Å². The van der Waals surface area contributed by atoms with Crippen LogP contribution in [0.15, 0.2) is 24.3 Å². The monoisotopic (exact) mass is 233 g/mol. The van der Waals surface area contributed by atoms with Crippen molar-refractivity contribution in [2.75, 3.05) is 6.61 Å². The zero-order valence-corrected chi connectivity index (χ0v) is 10.7. The maximum absolute atomic E-state index is 5.96. The highest BCUT2D eigenvalue weighted by atomic mass is 16.5. The Labute approximate surface area is 104 Å².